The van der Waals surface area contributed by atoms with E-state index in [1.165, 1.54) is 6.08 Å². The minimum Gasteiger partial charge on any atom is -0.367 e. The van der Waals surface area contributed by atoms with Crippen LogP contribution in [0.5, 0.6) is 0 Å². The molecule has 0 aromatic carbocycles. The van der Waals surface area contributed by atoms with E-state index in [1.807, 2.05) is 0 Å². The second-order valence-electron chi connectivity index (χ2n) is 1.36. The molecule has 0 rings (SSSR count). The summed E-state index contributed by atoms with van der Waals surface area (Å²) in [6, 6.07) is 0. The van der Waals surface area contributed by atoms with Crippen molar-refractivity contribution in [1.82, 2.24) is 5.32 Å². The highest BCUT2D eigenvalue weighted by molar-refractivity contribution is 6.34. The van der Waals surface area contributed by atoms with Crippen molar-refractivity contribution in [3.8, 4) is 0 Å². The molecule has 0 aliphatic heterocycles. The molecule has 0 spiro atoms. The molecule has 2 nitrogen and oxygen atoms in total. The topological polar surface area (TPSA) is 29.1 Å². The average Bonchev–Trinajstić information content (AvgIpc) is 1.83. The highest BCUT2D eigenvalue weighted by Crippen LogP contribution is 1.62. The highest BCUT2D eigenvalue weighted by Gasteiger charge is 1.88. The van der Waals surface area contributed by atoms with Crippen LogP contribution in [0.15, 0.2) is 12.7 Å². The first kappa shape index (κ1) is 7.74. The quantitative estimate of drug-likeness (QED) is 0.418. The van der Waals surface area contributed by atoms with E-state index in [0.29, 0.717) is 15.2 Å². The lowest BCUT2D eigenvalue weighted by Gasteiger charge is -1.93. The molecule has 0 saturated carbocycles. The molecule has 1 amide bonds. The molecular formula is C5H9AlNO. The zero-order chi connectivity index (χ0) is 6.41. The van der Waals surface area contributed by atoms with Crippen molar-refractivity contribution in [2.75, 3.05) is 5.41 Å². The maximum absolute atomic E-state index is 10.4. The van der Waals surface area contributed by atoms with Crippen molar-refractivity contribution >= 4 is 21.1 Å². The van der Waals surface area contributed by atoms with Gasteiger partial charge in [0, 0.05) is 0 Å². The van der Waals surface area contributed by atoms with Crippen molar-refractivity contribution < 1.29 is 4.79 Å². The van der Waals surface area contributed by atoms with E-state index in [0.717, 1.165) is 5.41 Å². The van der Waals surface area contributed by atoms with Gasteiger partial charge in [-0.25, -0.2) is 0 Å². The molecule has 0 aromatic rings. The molecule has 0 saturated heterocycles. The van der Waals surface area contributed by atoms with E-state index < -0.39 is 0 Å². The van der Waals surface area contributed by atoms with Gasteiger partial charge in [0.15, 0.2) is 0 Å². The zero-order valence-electron chi connectivity index (χ0n) is 4.98. The summed E-state index contributed by atoms with van der Waals surface area (Å²) in [7, 11) is 0. The monoisotopic (exact) mass is 126 g/mol. The van der Waals surface area contributed by atoms with Gasteiger partial charge in [0.1, 0.15) is 0 Å². The maximum Gasteiger partial charge on any atom is 0.242 e. The van der Waals surface area contributed by atoms with E-state index in [4.69, 9.17) is 0 Å². The third-order valence-corrected chi connectivity index (χ3v) is 1.28. The summed E-state index contributed by atoms with van der Waals surface area (Å²) in [6.07, 6.45) is 1.29. The number of hydrogen-bond acceptors (Lipinski definition) is 1. The largest absolute Gasteiger partial charge is 0.367 e. The van der Waals surface area contributed by atoms with Crippen molar-refractivity contribution in [1.29, 1.82) is 0 Å². The van der Waals surface area contributed by atoms with E-state index in [2.05, 4.69) is 17.7 Å². The SMILES string of the molecule is C=CC(=O)N[CH2][Al][CH3]. The van der Waals surface area contributed by atoms with E-state index in [9.17, 15) is 4.79 Å². The second kappa shape index (κ2) is 4.89. The number of carbonyl (C=O) groups is 1. The first-order valence-corrected chi connectivity index (χ1v) is 4.46. The predicted molar refractivity (Wildman–Crippen MR) is 34.8 cm³/mol. The summed E-state index contributed by atoms with van der Waals surface area (Å²) in [5.74, 6) is 2.02. The van der Waals surface area contributed by atoms with Crippen molar-refractivity contribution in [2.24, 2.45) is 0 Å². The van der Waals surface area contributed by atoms with Crippen molar-refractivity contribution in [3.63, 3.8) is 0 Å². The van der Waals surface area contributed by atoms with Crippen LogP contribution in [0.1, 0.15) is 0 Å². The van der Waals surface area contributed by atoms with Gasteiger partial charge in [0.25, 0.3) is 0 Å². The molecule has 0 heterocycles. The van der Waals surface area contributed by atoms with Gasteiger partial charge >= 0.3 is 0 Å². The van der Waals surface area contributed by atoms with Crippen LogP contribution in [0.2, 0.25) is 5.79 Å². The molecule has 0 unspecified atom stereocenters. The number of amides is 1. The number of carbonyl (C=O) groups excluding carboxylic acids is 1. The standard InChI is InChI=1S/C4H6NO.CH3.Al/c1-3-4(6)5-2;;/h3H,1-2H2,(H,5,6);1H3;. The van der Waals surface area contributed by atoms with Crippen molar-refractivity contribution in [3.05, 3.63) is 12.7 Å². The van der Waals surface area contributed by atoms with Crippen LogP contribution in [-0.4, -0.2) is 26.5 Å². The summed E-state index contributed by atoms with van der Waals surface area (Å²) in [5.41, 5.74) is 0. The molecular weight excluding hydrogens is 117 g/mol. The average molecular weight is 126 g/mol. The van der Waals surface area contributed by atoms with Crippen LogP contribution in [0.3, 0.4) is 0 Å². The van der Waals surface area contributed by atoms with Crippen molar-refractivity contribution in [2.45, 2.75) is 5.79 Å². The Kier molecular flexibility index (Phi) is 4.73. The molecule has 0 aliphatic carbocycles. The molecule has 1 radical (unpaired) electrons. The molecule has 43 valence electrons. The van der Waals surface area contributed by atoms with Gasteiger partial charge in [-0.05, 0) is 11.5 Å². The van der Waals surface area contributed by atoms with Gasteiger partial charge in [-0.15, -0.1) is 5.79 Å². The Bertz CT molecular complexity index is 92.4. The minimum absolute atomic E-state index is 0.0700. The molecule has 0 fully saturated rings. The summed E-state index contributed by atoms with van der Waals surface area (Å²) in [5, 5.41) is 3.49. The van der Waals surface area contributed by atoms with Crippen LogP contribution < -0.4 is 5.32 Å². The Labute approximate surface area is 55.7 Å². The molecule has 0 atom stereocenters. The van der Waals surface area contributed by atoms with Gasteiger partial charge in [-0.2, -0.15) is 0 Å². The van der Waals surface area contributed by atoms with Gasteiger partial charge in [0.05, 0.1) is 0 Å². The van der Waals surface area contributed by atoms with Crippen LogP contribution in [0.4, 0.5) is 0 Å². The van der Waals surface area contributed by atoms with Gasteiger partial charge in [-0.3, -0.25) is 4.79 Å². The lowest BCUT2D eigenvalue weighted by molar-refractivity contribution is -0.116. The van der Waals surface area contributed by atoms with Crippen LogP contribution in [0, 0.1) is 0 Å². The van der Waals surface area contributed by atoms with Crippen LogP contribution >= 0.6 is 0 Å². The fraction of sp³-hybridized carbons (Fsp3) is 0.400. The smallest absolute Gasteiger partial charge is 0.242 e. The van der Waals surface area contributed by atoms with Gasteiger partial charge < -0.3 is 5.32 Å². The van der Waals surface area contributed by atoms with E-state index >= 15 is 0 Å². The van der Waals surface area contributed by atoms with E-state index in [-0.39, 0.29) is 5.91 Å². The number of rotatable bonds is 3. The van der Waals surface area contributed by atoms with Crippen LogP contribution in [0.25, 0.3) is 0 Å². The normalized spacial score (nSPS) is 7.62. The van der Waals surface area contributed by atoms with Gasteiger partial charge in [-0.1, -0.05) is 6.58 Å². The molecule has 0 bridgehead atoms. The number of nitrogens with one attached hydrogen (secondary N) is 1. The minimum atomic E-state index is -0.0700. The predicted octanol–water partition coefficient (Wildman–Crippen LogP) is -0.00160. The third-order valence-electron chi connectivity index (χ3n) is 0.666. The summed E-state index contributed by atoms with van der Waals surface area (Å²) < 4.78 is 0. The fourth-order valence-electron chi connectivity index (χ4n) is 0.275. The fourth-order valence-corrected chi connectivity index (χ4v) is 0.680. The molecule has 0 aromatic heterocycles. The summed E-state index contributed by atoms with van der Waals surface area (Å²) in [4.78, 5) is 10.4. The maximum atomic E-state index is 10.4. The first-order chi connectivity index (χ1) is 3.81. The lowest BCUT2D eigenvalue weighted by Crippen LogP contribution is -2.24. The zero-order valence-corrected chi connectivity index (χ0v) is 6.13. The summed E-state index contributed by atoms with van der Waals surface area (Å²) >= 11 is 0.378. The summed E-state index contributed by atoms with van der Waals surface area (Å²) in [6.45, 7) is 3.31. The first-order valence-electron chi connectivity index (χ1n) is 2.49. The van der Waals surface area contributed by atoms with Gasteiger partial charge in [0.2, 0.25) is 21.1 Å². The molecule has 0 aliphatic rings. The number of hydrogen-bond donors (Lipinski definition) is 1. The van der Waals surface area contributed by atoms with E-state index in [1.54, 1.807) is 0 Å². The molecule has 8 heavy (non-hydrogen) atoms. The molecule has 1 N–H and O–H groups in total. The Balaban J connectivity index is 3.11. The highest BCUT2D eigenvalue weighted by atomic mass is 27.1. The Morgan fingerprint density at radius 3 is 3.00 bits per heavy atom. The Morgan fingerprint density at radius 2 is 2.62 bits per heavy atom. The Morgan fingerprint density at radius 1 is 2.00 bits per heavy atom. The lowest BCUT2D eigenvalue weighted by atomic mass is 10.6. The molecule has 3 heteroatoms. The Hall–Kier alpha value is -0.258. The second-order valence-corrected chi connectivity index (χ2v) is 2.58. The van der Waals surface area contributed by atoms with Crippen LogP contribution in [-0.2, 0) is 4.79 Å². The third kappa shape index (κ3) is 3.92.